The van der Waals surface area contributed by atoms with Crippen LogP contribution in [0, 0.1) is 16.7 Å². The highest BCUT2D eigenvalue weighted by molar-refractivity contribution is 5.76. The van der Waals surface area contributed by atoms with Gasteiger partial charge in [0.15, 0.2) is 0 Å². The summed E-state index contributed by atoms with van der Waals surface area (Å²) in [6.07, 6.45) is 3.17. The highest BCUT2D eigenvalue weighted by Gasteiger charge is 2.65. The lowest BCUT2D eigenvalue weighted by molar-refractivity contribution is -0.216. The summed E-state index contributed by atoms with van der Waals surface area (Å²) >= 11 is 0. The summed E-state index contributed by atoms with van der Waals surface area (Å²) in [5, 5.41) is 29.1. The van der Waals surface area contributed by atoms with Gasteiger partial charge >= 0.3 is 11.9 Å². The molecule has 4 saturated carbocycles. The third kappa shape index (κ3) is 1.56. The monoisotopic (exact) mass is 254 g/mol. The number of carboxylic acid groups (broad SMARTS) is 2. The molecule has 5 heteroatoms. The van der Waals surface area contributed by atoms with Gasteiger partial charge in [-0.3, -0.25) is 9.59 Å². The summed E-state index contributed by atoms with van der Waals surface area (Å²) in [5.41, 5.74) is -2.34. The minimum atomic E-state index is -0.951. The molecular weight excluding hydrogens is 236 g/mol. The molecule has 4 aliphatic carbocycles. The molecule has 0 radical (unpaired) electrons. The minimum Gasteiger partial charge on any atom is -0.481 e. The van der Waals surface area contributed by atoms with Crippen LogP contribution in [0.1, 0.15) is 44.9 Å². The number of hydrogen-bond acceptors (Lipinski definition) is 3. The summed E-state index contributed by atoms with van der Waals surface area (Å²) < 4.78 is 0. The Labute approximate surface area is 105 Å². The van der Waals surface area contributed by atoms with E-state index in [0.717, 1.165) is 6.42 Å². The van der Waals surface area contributed by atoms with Gasteiger partial charge in [0.25, 0.3) is 0 Å². The van der Waals surface area contributed by atoms with E-state index in [-0.39, 0.29) is 12.3 Å². The van der Waals surface area contributed by atoms with Crippen molar-refractivity contribution in [1.82, 2.24) is 0 Å². The molecule has 3 N–H and O–H groups in total. The predicted octanol–water partition coefficient (Wildman–Crippen LogP) is 1.25. The lowest BCUT2D eigenvalue weighted by Crippen LogP contribution is -2.62. The molecule has 0 spiro atoms. The zero-order valence-corrected chi connectivity index (χ0v) is 10.2. The van der Waals surface area contributed by atoms with Crippen molar-refractivity contribution in [3.63, 3.8) is 0 Å². The molecule has 100 valence electrons. The Morgan fingerprint density at radius 3 is 2.33 bits per heavy atom. The SMILES string of the molecule is O=C(O)CC12CC3CC(O)(C1)CC(C(=O)O)(C3)C2. The molecule has 18 heavy (non-hydrogen) atoms. The lowest BCUT2D eigenvalue weighted by Gasteiger charge is -2.63. The zero-order valence-electron chi connectivity index (χ0n) is 10.2. The van der Waals surface area contributed by atoms with Crippen molar-refractivity contribution in [2.45, 2.75) is 50.5 Å². The van der Waals surface area contributed by atoms with Gasteiger partial charge in [-0.05, 0) is 49.9 Å². The summed E-state index contributed by atoms with van der Waals surface area (Å²) in [7, 11) is 0. The maximum atomic E-state index is 11.6. The molecule has 4 atom stereocenters. The van der Waals surface area contributed by atoms with E-state index in [0.29, 0.717) is 32.1 Å². The smallest absolute Gasteiger partial charge is 0.309 e. The Kier molecular flexibility index (Phi) is 2.17. The van der Waals surface area contributed by atoms with E-state index in [9.17, 15) is 19.8 Å². The van der Waals surface area contributed by atoms with Crippen LogP contribution in [0.3, 0.4) is 0 Å². The molecule has 0 heterocycles. The van der Waals surface area contributed by atoms with E-state index in [1.165, 1.54) is 0 Å². The van der Waals surface area contributed by atoms with Crippen molar-refractivity contribution in [2.75, 3.05) is 0 Å². The molecule has 5 nitrogen and oxygen atoms in total. The van der Waals surface area contributed by atoms with Gasteiger partial charge in [-0.25, -0.2) is 0 Å². The standard InChI is InChI=1S/C13H18O5/c14-9(15)4-11-1-8-2-12(5-11,10(16)17)7-13(18,3-8)6-11/h8,18H,1-7H2,(H,14,15)(H,16,17). The van der Waals surface area contributed by atoms with Crippen LogP contribution in [0.4, 0.5) is 0 Å². The fourth-order valence-corrected chi connectivity index (χ4v) is 5.34. The van der Waals surface area contributed by atoms with Crippen LogP contribution in [0.25, 0.3) is 0 Å². The Morgan fingerprint density at radius 1 is 1.06 bits per heavy atom. The molecule has 4 bridgehead atoms. The molecule has 0 amide bonds. The van der Waals surface area contributed by atoms with Crippen LogP contribution >= 0.6 is 0 Å². The first-order chi connectivity index (χ1) is 8.27. The largest absolute Gasteiger partial charge is 0.481 e. The van der Waals surface area contributed by atoms with Crippen molar-refractivity contribution in [2.24, 2.45) is 16.7 Å². The highest BCUT2D eigenvalue weighted by Crippen LogP contribution is 2.67. The predicted molar refractivity (Wildman–Crippen MR) is 60.9 cm³/mol. The lowest BCUT2D eigenvalue weighted by atomic mass is 9.42. The average molecular weight is 254 g/mol. The third-order valence-corrected chi connectivity index (χ3v) is 5.13. The van der Waals surface area contributed by atoms with Gasteiger partial charge in [0.1, 0.15) is 0 Å². The van der Waals surface area contributed by atoms with Gasteiger partial charge in [0, 0.05) is 0 Å². The second kappa shape index (κ2) is 3.26. The van der Waals surface area contributed by atoms with E-state index in [4.69, 9.17) is 5.11 Å². The van der Waals surface area contributed by atoms with Gasteiger partial charge < -0.3 is 15.3 Å². The van der Waals surface area contributed by atoms with Gasteiger partial charge in [0.2, 0.25) is 0 Å². The molecule has 0 aromatic heterocycles. The first-order valence-electron chi connectivity index (χ1n) is 6.44. The first-order valence-corrected chi connectivity index (χ1v) is 6.44. The van der Waals surface area contributed by atoms with Crippen molar-refractivity contribution in [3.8, 4) is 0 Å². The van der Waals surface area contributed by atoms with Crippen molar-refractivity contribution in [3.05, 3.63) is 0 Å². The van der Waals surface area contributed by atoms with Crippen LogP contribution in [0.2, 0.25) is 0 Å². The second-order valence-electron chi connectivity index (χ2n) is 6.89. The fraction of sp³-hybridized carbons (Fsp3) is 0.846. The first kappa shape index (κ1) is 12.0. The molecule has 4 unspecified atom stereocenters. The van der Waals surface area contributed by atoms with Crippen molar-refractivity contribution in [1.29, 1.82) is 0 Å². The van der Waals surface area contributed by atoms with Gasteiger partial charge in [-0.15, -0.1) is 0 Å². The number of aliphatic hydroxyl groups is 1. The molecule has 4 rings (SSSR count). The molecule has 0 saturated heterocycles. The number of aliphatic carboxylic acids is 2. The number of carboxylic acids is 2. The van der Waals surface area contributed by atoms with Crippen LogP contribution in [0.5, 0.6) is 0 Å². The van der Waals surface area contributed by atoms with Gasteiger partial charge in [-0.2, -0.15) is 0 Å². The van der Waals surface area contributed by atoms with E-state index in [1.807, 2.05) is 0 Å². The summed E-state index contributed by atoms with van der Waals surface area (Å²) in [4.78, 5) is 22.6. The maximum absolute atomic E-state index is 11.6. The Morgan fingerprint density at radius 2 is 1.78 bits per heavy atom. The topological polar surface area (TPSA) is 94.8 Å². The summed E-state index contributed by atoms with van der Waals surface area (Å²) in [5.74, 6) is -1.58. The average Bonchev–Trinajstić information content (AvgIpc) is 2.09. The highest BCUT2D eigenvalue weighted by atomic mass is 16.4. The Bertz CT molecular complexity index is 433. The van der Waals surface area contributed by atoms with Gasteiger partial charge in [0.05, 0.1) is 17.4 Å². The minimum absolute atomic E-state index is 0.0131. The van der Waals surface area contributed by atoms with E-state index >= 15 is 0 Å². The Hall–Kier alpha value is -1.10. The quantitative estimate of drug-likeness (QED) is 0.704. The van der Waals surface area contributed by atoms with E-state index in [2.05, 4.69) is 0 Å². The second-order valence-corrected chi connectivity index (χ2v) is 6.89. The number of carbonyl (C=O) groups is 2. The van der Waals surface area contributed by atoms with Crippen LogP contribution in [-0.4, -0.2) is 32.9 Å². The Balaban J connectivity index is 2.00. The normalized spacial score (nSPS) is 49.3. The molecule has 4 fully saturated rings. The summed E-state index contributed by atoms with van der Waals surface area (Å²) in [6, 6.07) is 0. The third-order valence-electron chi connectivity index (χ3n) is 5.13. The summed E-state index contributed by atoms with van der Waals surface area (Å²) in [6.45, 7) is 0. The van der Waals surface area contributed by atoms with Crippen LogP contribution in [0.15, 0.2) is 0 Å². The van der Waals surface area contributed by atoms with Crippen molar-refractivity contribution < 1.29 is 24.9 Å². The van der Waals surface area contributed by atoms with Gasteiger partial charge in [-0.1, -0.05) is 0 Å². The fourth-order valence-electron chi connectivity index (χ4n) is 5.34. The van der Waals surface area contributed by atoms with Crippen LogP contribution < -0.4 is 0 Å². The number of rotatable bonds is 3. The molecular formula is C13H18O5. The maximum Gasteiger partial charge on any atom is 0.309 e. The molecule has 0 aliphatic heterocycles. The molecule has 4 aliphatic rings. The van der Waals surface area contributed by atoms with E-state index < -0.39 is 28.4 Å². The van der Waals surface area contributed by atoms with E-state index in [1.54, 1.807) is 0 Å². The molecule has 0 aromatic rings. The number of hydrogen-bond donors (Lipinski definition) is 3. The van der Waals surface area contributed by atoms with Crippen LogP contribution in [-0.2, 0) is 9.59 Å². The zero-order chi connectivity index (χ0) is 13.2. The molecule has 0 aromatic carbocycles. The van der Waals surface area contributed by atoms with Crippen molar-refractivity contribution >= 4 is 11.9 Å².